The number of nitrogens with two attached hydrogens (primary N) is 1. The zero-order valence-electron chi connectivity index (χ0n) is 7.37. The number of hydrogen-bond acceptors (Lipinski definition) is 3. The standard InChI is InChI=1S/C9H7IN2O2/c1-14-8-6(9(12)13)2-5(4-11)3-7(8)10/h2-3H,1H3,(H2,12,13). The second-order valence-electron chi connectivity index (χ2n) is 2.51. The van der Waals surface area contributed by atoms with Crippen LogP contribution in [0, 0.1) is 14.9 Å². The van der Waals surface area contributed by atoms with Gasteiger partial charge in [0.1, 0.15) is 5.75 Å². The number of hydrogen-bond donors (Lipinski definition) is 1. The first-order valence-electron chi connectivity index (χ1n) is 3.67. The molecule has 0 spiro atoms. The number of methoxy groups -OCH3 is 1. The van der Waals surface area contributed by atoms with E-state index in [1.165, 1.54) is 13.2 Å². The molecule has 0 saturated carbocycles. The number of rotatable bonds is 2. The highest BCUT2D eigenvalue weighted by Gasteiger charge is 2.13. The van der Waals surface area contributed by atoms with Crippen LogP contribution < -0.4 is 10.5 Å². The highest BCUT2D eigenvalue weighted by molar-refractivity contribution is 14.1. The van der Waals surface area contributed by atoms with Crippen LogP contribution in [0.4, 0.5) is 0 Å². The maximum absolute atomic E-state index is 11.0. The van der Waals surface area contributed by atoms with Crippen molar-refractivity contribution >= 4 is 28.5 Å². The maximum atomic E-state index is 11.0. The molecule has 0 aliphatic heterocycles. The van der Waals surface area contributed by atoms with Crippen LogP contribution in [0.25, 0.3) is 0 Å². The largest absolute Gasteiger partial charge is 0.495 e. The SMILES string of the molecule is COc1c(I)cc(C#N)cc1C(N)=O. The summed E-state index contributed by atoms with van der Waals surface area (Å²) >= 11 is 1.98. The van der Waals surface area contributed by atoms with Crippen molar-refractivity contribution in [3.05, 3.63) is 26.8 Å². The van der Waals surface area contributed by atoms with Gasteiger partial charge in [0.15, 0.2) is 0 Å². The van der Waals surface area contributed by atoms with Crippen LogP contribution in [-0.4, -0.2) is 13.0 Å². The second kappa shape index (κ2) is 4.28. The van der Waals surface area contributed by atoms with Crippen molar-refractivity contribution < 1.29 is 9.53 Å². The van der Waals surface area contributed by atoms with Crippen molar-refractivity contribution in [1.82, 2.24) is 0 Å². The summed E-state index contributed by atoms with van der Waals surface area (Å²) < 4.78 is 5.71. The maximum Gasteiger partial charge on any atom is 0.252 e. The van der Waals surface area contributed by atoms with Crippen LogP contribution >= 0.6 is 22.6 Å². The summed E-state index contributed by atoms with van der Waals surface area (Å²) in [5.41, 5.74) is 5.78. The van der Waals surface area contributed by atoms with Crippen molar-refractivity contribution in [2.45, 2.75) is 0 Å². The Bertz CT molecular complexity index is 424. The average molecular weight is 302 g/mol. The summed E-state index contributed by atoms with van der Waals surface area (Å²) in [4.78, 5) is 11.0. The molecule has 1 aromatic rings. The molecule has 4 nitrogen and oxygen atoms in total. The van der Waals surface area contributed by atoms with E-state index in [2.05, 4.69) is 0 Å². The summed E-state index contributed by atoms with van der Waals surface area (Å²) in [5, 5.41) is 8.69. The van der Waals surface area contributed by atoms with Gasteiger partial charge in [0, 0.05) is 0 Å². The van der Waals surface area contributed by atoms with Gasteiger partial charge in [0.05, 0.1) is 27.9 Å². The number of benzene rings is 1. The van der Waals surface area contributed by atoms with Crippen LogP contribution in [0.3, 0.4) is 0 Å². The van der Waals surface area contributed by atoms with Crippen LogP contribution in [0.15, 0.2) is 12.1 Å². The number of nitriles is 1. The van der Waals surface area contributed by atoms with Crippen molar-refractivity contribution in [2.75, 3.05) is 7.11 Å². The molecule has 0 aliphatic carbocycles. The lowest BCUT2D eigenvalue weighted by Gasteiger charge is -2.07. The average Bonchev–Trinajstić information content (AvgIpc) is 2.16. The molecule has 0 heterocycles. The van der Waals surface area contributed by atoms with Gasteiger partial charge in [0.2, 0.25) is 0 Å². The molecule has 0 unspecified atom stereocenters. The molecule has 72 valence electrons. The lowest BCUT2D eigenvalue weighted by Crippen LogP contribution is -2.13. The van der Waals surface area contributed by atoms with Crippen molar-refractivity contribution in [1.29, 1.82) is 5.26 Å². The highest BCUT2D eigenvalue weighted by atomic mass is 127. The Labute approximate surface area is 94.8 Å². The molecule has 0 radical (unpaired) electrons. The molecule has 1 amide bonds. The first kappa shape index (κ1) is 10.8. The van der Waals surface area contributed by atoms with Gasteiger partial charge in [0.25, 0.3) is 5.91 Å². The summed E-state index contributed by atoms with van der Waals surface area (Å²) in [5.74, 6) is -0.186. The van der Waals surface area contributed by atoms with E-state index in [1.54, 1.807) is 6.07 Å². The molecule has 0 fully saturated rings. The van der Waals surface area contributed by atoms with Gasteiger partial charge in [-0.15, -0.1) is 0 Å². The Kier molecular flexibility index (Phi) is 3.30. The third kappa shape index (κ3) is 1.96. The van der Waals surface area contributed by atoms with Crippen LogP contribution in [-0.2, 0) is 0 Å². The Balaban J connectivity index is 3.45. The summed E-state index contributed by atoms with van der Waals surface area (Å²) in [7, 11) is 1.45. The number of nitrogens with zero attached hydrogens (tertiary/aromatic N) is 1. The van der Waals surface area contributed by atoms with Gasteiger partial charge >= 0.3 is 0 Å². The van der Waals surface area contributed by atoms with Crippen LogP contribution in [0.5, 0.6) is 5.75 Å². The van der Waals surface area contributed by atoms with Gasteiger partial charge in [-0.2, -0.15) is 5.26 Å². The molecular weight excluding hydrogens is 295 g/mol. The van der Waals surface area contributed by atoms with Gasteiger partial charge in [-0.3, -0.25) is 4.79 Å². The fourth-order valence-electron chi connectivity index (χ4n) is 1.05. The lowest BCUT2D eigenvalue weighted by atomic mass is 10.1. The number of ether oxygens (including phenoxy) is 1. The number of halogens is 1. The number of amides is 1. The molecule has 0 atom stereocenters. The Morgan fingerprint density at radius 3 is 2.71 bits per heavy atom. The van der Waals surface area contributed by atoms with E-state index in [4.69, 9.17) is 15.7 Å². The normalized spacial score (nSPS) is 9.21. The van der Waals surface area contributed by atoms with E-state index >= 15 is 0 Å². The number of carbonyl (C=O) groups excluding carboxylic acids is 1. The minimum Gasteiger partial charge on any atom is -0.495 e. The Morgan fingerprint density at radius 1 is 1.64 bits per heavy atom. The van der Waals surface area contributed by atoms with E-state index in [9.17, 15) is 4.79 Å². The fraction of sp³-hybridized carbons (Fsp3) is 0.111. The monoisotopic (exact) mass is 302 g/mol. The predicted octanol–water partition coefficient (Wildman–Crippen LogP) is 1.27. The topological polar surface area (TPSA) is 76.1 Å². The molecule has 2 N–H and O–H groups in total. The lowest BCUT2D eigenvalue weighted by molar-refractivity contribution is 0.0997. The Hall–Kier alpha value is -1.29. The van der Waals surface area contributed by atoms with Crippen molar-refractivity contribution in [3.63, 3.8) is 0 Å². The van der Waals surface area contributed by atoms with E-state index < -0.39 is 5.91 Å². The molecule has 14 heavy (non-hydrogen) atoms. The zero-order chi connectivity index (χ0) is 10.7. The third-order valence-corrected chi connectivity index (χ3v) is 2.44. The molecule has 0 bridgehead atoms. The van der Waals surface area contributed by atoms with E-state index in [0.29, 0.717) is 14.9 Å². The first-order valence-corrected chi connectivity index (χ1v) is 4.75. The van der Waals surface area contributed by atoms with E-state index in [-0.39, 0.29) is 5.56 Å². The molecule has 1 rings (SSSR count). The summed E-state index contributed by atoms with van der Waals surface area (Å²) in [6, 6.07) is 5.00. The van der Waals surface area contributed by atoms with E-state index in [0.717, 1.165) is 0 Å². The van der Waals surface area contributed by atoms with Gasteiger partial charge < -0.3 is 10.5 Å². The summed E-state index contributed by atoms with van der Waals surface area (Å²) in [6.07, 6.45) is 0. The first-order chi connectivity index (χ1) is 6.60. The third-order valence-electron chi connectivity index (χ3n) is 1.64. The molecule has 0 aliphatic rings. The van der Waals surface area contributed by atoms with Gasteiger partial charge in [-0.05, 0) is 34.7 Å². The van der Waals surface area contributed by atoms with Crippen molar-refractivity contribution in [2.24, 2.45) is 5.73 Å². The quantitative estimate of drug-likeness (QED) is 0.836. The minimum absolute atomic E-state index is 0.232. The minimum atomic E-state index is -0.600. The number of carbonyl (C=O) groups is 1. The van der Waals surface area contributed by atoms with Crippen molar-refractivity contribution in [3.8, 4) is 11.8 Å². The van der Waals surface area contributed by atoms with E-state index in [1.807, 2.05) is 28.7 Å². The van der Waals surface area contributed by atoms with Gasteiger partial charge in [-0.1, -0.05) is 0 Å². The smallest absolute Gasteiger partial charge is 0.252 e. The number of primary amides is 1. The molecule has 0 aromatic heterocycles. The highest BCUT2D eigenvalue weighted by Crippen LogP contribution is 2.26. The Morgan fingerprint density at radius 2 is 2.29 bits per heavy atom. The fourth-order valence-corrected chi connectivity index (χ4v) is 1.89. The zero-order valence-corrected chi connectivity index (χ0v) is 9.53. The summed E-state index contributed by atoms with van der Waals surface area (Å²) in [6.45, 7) is 0. The van der Waals surface area contributed by atoms with Crippen LogP contribution in [0.1, 0.15) is 15.9 Å². The molecule has 0 saturated heterocycles. The predicted molar refractivity (Wildman–Crippen MR) is 58.9 cm³/mol. The molecule has 1 aromatic carbocycles. The van der Waals surface area contributed by atoms with Gasteiger partial charge in [-0.25, -0.2) is 0 Å². The molecular formula is C9H7IN2O2. The molecule has 5 heteroatoms. The second-order valence-corrected chi connectivity index (χ2v) is 3.68. The van der Waals surface area contributed by atoms with Crippen LogP contribution in [0.2, 0.25) is 0 Å².